The zero-order chi connectivity index (χ0) is 25.2. The van der Waals surface area contributed by atoms with Crippen molar-refractivity contribution in [2.75, 3.05) is 43.9 Å². The highest BCUT2D eigenvalue weighted by Crippen LogP contribution is 2.31. The van der Waals surface area contributed by atoms with Gasteiger partial charge in [-0.25, -0.2) is 0 Å². The second kappa shape index (κ2) is 9.95. The topological polar surface area (TPSA) is 74.5 Å². The van der Waals surface area contributed by atoms with Gasteiger partial charge in [-0.3, -0.25) is 4.79 Å². The summed E-state index contributed by atoms with van der Waals surface area (Å²) in [6.45, 7) is 6.81. The van der Waals surface area contributed by atoms with Gasteiger partial charge in [0.1, 0.15) is 0 Å². The number of amides is 1. The SMILES string of the molecule is Cc1nc(-c2ccc(-c3ccc(C(=O)Nc4ccc5c(c4)N(CCN(C)C)CC5)cc3C)cc2)no1. The van der Waals surface area contributed by atoms with Crippen LogP contribution in [0.3, 0.4) is 0 Å². The molecule has 7 nitrogen and oxygen atoms in total. The monoisotopic (exact) mass is 481 g/mol. The summed E-state index contributed by atoms with van der Waals surface area (Å²) in [4.78, 5) is 21.9. The Morgan fingerprint density at radius 2 is 1.81 bits per heavy atom. The normalized spacial score (nSPS) is 12.8. The summed E-state index contributed by atoms with van der Waals surface area (Å²) in [7, 11) is 4.18. The number of likely N-dealkylation sites (N-methyl/N-ethyl adjacent to an activating group) is 1. The van der Waals surface area contributed by atoms with Crippen molar-refractivity contribution in [2.45, 2.75) is 20.3 Å². The largest absolute Gasteiger partial charge is 0.370 e. The highest BCUT2D eigenvalue weighted by molar-refractivity contribution is 6.05. The number of carbonyl (C=O) groups excluding carboxylic acids is 1. The zero-order valence-electron chi connectivity index (χ0n) is 21.2. The third-order valence-electron chi connectivity index (χ3n) is 6.62. The Morgan fingerprint density at radius 1 is 1.03 bits per heavy atom. The van der Waals surface area contributed by atoms with Crippen molar-refractivity contribution in [3.63, 3.8) is 0 Å². The molecule has 0 saturated heterocycles. The molecule has 1 aromatic heterocycles. The summed E-state index contributed by atoms with van der Waals surface area (Å²) in [5.41, 5.74) is 8.11. The van der Waals surface area contributed by atoms with Gasteiger partial charge in [-0.2, -0.15) is 4.98 Å². The first kappa shape index (κ1) is 23.8. The van der Waals surface area contributed by atoms with Crippen molar-refractivity contribution in [3.8, 4) is 22.5 Å². The lowest BCUT2D eigenvalue weighted by molar-refractivity contribution is 0.102. The molecule has 0 saturated carbocycles. The zero-order valence-corrected chi connectivity index (χ0v) is 21.2. The maximum absolute atomic E-state index is 13.1. The number of hydrogen-bond acceptors (Lipinski definition) is 6. The lowest BCUT2D eigenvalue weighted by atomic mass is 9.97. The summed E-state index contributed by atoms with van der Waals surface area (Å²) in [6, 6.07) is 20.1. The molecule has 0 bridgehead atoms. The Bertz CT molecular complexity index is 1390. The van der Waals surface area contributed by atoms with Crippen LogP contribution in [0.5, 0.6) is 0 Å². The van der Waals surface area contributed by atoms with Crippen LogP contribution in [0.2, 0.25) is 0 Å². The van der Waals surface area contributed by atoms with Crippen LogP contribution >= 0.6 is 0 Å². The molecule has 36 heavy (non-hydrogen) atoms. The van der Waals surface area contributed by atoms with Crippen LogP contribution in [0.15, 0.2) is 65.2 Å². The third kappa shape index (κ3) is 5.02. The highest BCUT2D eigenvalue weighted by atomic mass is 16.5. The van der Waals surface area contributed by atoms with Gasteiger partial charge in [0.05, 0.1) is 0 Å². The van der Waals surface area contributed by atoms with Crippen molar-refractivity contribution in [3.05, 3.63) is 83.2 Å². The summed E-state index contributed by atoms with van der Waals surface area (Å²) in [6.07, 6.45) is 1.05. The van der Waals surface area contributed by atoms with Gasteiger partial charge < -0.3 is 19.6 Å². The van der Waals surface area contributed by atoms with Crippen LogP contribution in [-0.2, 0) is 6.42 Å². The molecule has 0 atom stereocenters. The number of benzene rings is 3. The van der Waals surface area contributed by atoms with Crippen LogP contribution in [0, 0.1) is 13.8 Å². The van der Waals surface area contributed by atoms with Gasteiger partial charge in [0.15, 0.2) is 0 Å². The molecule has 2 heterocycles. The molecule has 1 aliphatic rings. The summed E-state index contributed by atoms with van der Waals surface area (Å²) in [5, 5.41) is 7.06. The number of aromatic nitrogens is 2. The molecule has 0 fully saturated rings. The first-order chi connectivity index (χ1) is 17.4. The van der Waals surface area contributed by atoms with Gasteiger partial charge >= 0.3 is 0 Å². The smallest absolute Gasteiger partial charge is 0.255 e. The van der Waals surface area contributed by atoms with E-state index in [9.17, 15) is 4.79 Å². The van der Waals surface area contributed by atoms with E-state index in [1.54, 1.807) is 6.92 Å². The Kier molecular flexibility index (Phi) is 6.57. The molecular weight excluding hydrogens is 450 g/mol. The molecule has 0 unspecified atom stereocenters. The van der Waals surface area contributed by atoms with E-state index in [1.165, 1.54) is 11.3 Å². The number of aryl methyl sites for hydroxylation is 2. The predicted molar refractivity (Wildman–Crippen MR) is 144 cm³/mol. The van der Waals surface area contributed by atoms with Gasteiger partial charge in [-0.15, -0.1) is 0 Å². The van der Waals surface area contributed by atoms with E-state index in [0.717, 1.165) is 54.0 Å². The van der Waals surface area contributed by atoms with Gasteiger partial charge in [-0.05, 0) is 74.0 Å². The maximum atomic E-state index is 13.1. The minimum absolute atomic E-state index is 0.106. The maximum Gasteiger partial charge on any atom is 0.255 e. The second-order valence-electron chi connectivity index (χ2n) is 9.58. The van der Waals surface area contributed by atoms with Gasteiger partial charge in [0.2, 0.25) is 11.7 Å². The third-order valence-corrected chi connectivity index (χ3v) is 6.62. The quantitative estimate of drug-likeness (QED) is 0.391. The average molecular weight is 482 g/mol. The Balaban J connectivity index is 1.29. The Labute approximate surface area is 211 Å². The molecule has 4 aromatic rings. The molecule has 7 heteroatoms. The van der Waals surface area contributed by atoms with Crippen LogP contribution in [-0.4, -0.2) is 54.7 Å². The van der Waals surface area contributed by atoms with Crippen molar-refractivity contribution in [1.29, 1.82) is 0 Å². The minimum atomic E-state index is -0.106. The van der Waals surface area contributed by atoms with E-state index in [4.69, 9.17) is 4.52 Å². The highest BCUT2D eigenvalue weighted by Gasteiger charge is 2.20. The number of rotatable bonds is 7. The summed E-state index contributed by atoms with van der Waals surface area (Å²) in [5.74, 6) is 1.01. The molecule has 5 rings (SSSR count). The van der Waals surface area contributed by atoms with E-state index in [0.29, 0.717) is 17.3 Å². The molecule has 0 radical (unpaired) electrons. The van der Waals surface area contributed by atoms with Crippen LogP contribution in [0.1, 0.15) is 27.4 Å². The van der Waals surface area contributed by atoms with Crippen molar-refractivity contribution < 1.29 is 9.32 Å². The van der Waals surface area contributed by atoms with E-state index in [-0.39, 0.29) is 5.91 Å². The summed E-state index contributed by atoms with van der Waals surface area (Å²) < 4.78 is 5.07. The first-order valence-corrected chi connectivity index (χ1v) is 12.2. The van der Waals surface area contributed by atoms with Crippen molar-refractivity contribution in [1.82, 2.24) is 15.0 Å². The fourth-order valence-electron chi connectivity index (χ4n) is 4.62. The second-order valence-corrected chi connectivity index (χ2v) is 9.58. The molecule has 1 amide bonds. The fraction of sp³-hybridized carbons (Fsp3) is 0.276. The Morgan fingerprint density at radius 3 is 2.50 bits per heavy atom. The number of hydrogen-bond donors (Lipinski definition) is 1. The van der Waals surface area contributed by atoms with Crippen molar-refractivity contribution in [2.24, 2.45) is 0 Å². The summed E-state index contributed by atoms with van der Waals surface area (Å²) >= 11 is 0. The molecule has 184 valence electrons. The van der Waals surface area contributed by atoms with E-state index in [2.05, 4.69) is 51.5 Å². The number of nitrogens with one attached hydrogen (secondary N) is 1. The molecular formula is C29H31N5O2. The molecule has 3 aromatic carbocycles. The lowest BCUT2D eigenvalue weighted by Crippen LogP contribution is -2.30. The van der Waals surface area contributed by atoms with Crippen molar-refractivity contribution >= 4 is 17.3 Å². The standard InChI is InChI=1S/C29H31N5O2/c1-19-17-24(10-12-26(19)21-5-7-23(8-6-21)28-30-20(2)36-32-28)29(35)31-25-11-9-22-13-14-34(27(22)18-25)16-15-33(3)4/h5-12,17-18H,13-16H2,1-4H3,(H,31,35). The van der Waals surface area contributed by atoms with Crippen LogP contribution in [0.4, 0.5) is 11.4 Å². The predicted octanol–water partition coefficient (Wildman–Crippen LogP) is 5.20. The number of carbonyl (C=O) groups is 1. The van der Waals surface area contributed by atoms with E-state index in [1.807, 2.05) is 55.5 Å². The van der Waals surface area contributed by atoms with Gasteiger partial charge in [0, 0.05) is 49.1 Å². The van der Waals surface area contributed by atoms with E-state index >= 15 is 0 Å². The van der Waals surface area contributed by atoms with Gasteiger partial charge in [-0.1, -0.05) is 41.6 Å². The average Bonchev–Trinajstić information content (AvgIpc) is 3.48. The van der Waals surface area contributed by atoms with Crippen LogP contribution < -0.4 is 10.2 Å². The fourth-order valence-corrected chi connectivity index (χ4v) is 4.62. The number of nitrogens with zero attached hydrogens (tertiary/aromatic N) is 4. The molecule has 0 spiro atoms. The minimum Gasteiger partial charge on any atom is -0.370 e. The number of anilines is 2. The lowest BCUT2D eigenvalue weighted by Gasteiger charge is -2.22. The van der Waals surface area contributed by atoms with Crippen LogP contribution in [0.25, 0.3) is 22.5 Å². The van der Waals surface area contributed by atoms with E-state index < -0.39 is 0 Å². The first-order valence-electron chi connectivity index (χ1n) is 12.2. The Hall–Kier alpha value is -3.97. The molecule has 0 aliphatic carbocycles. The molecule has 1 N–H and O–H groups in total. The molecule has 1 aliphatic heterocycles. The van der Waals surface area contributed by atoms with Gasteiger partial charge in [0.25, 0.3) is 5.91 Å². The number of fused-ring (bicyclic) bond motifs is 1.